The van der Waals surface area contributed by atoms with Crippen LogP contribution in [0.25, 0.3) is 0 Å². The Bertz CT molecular complexity index is 672. The maximum absolute atomic E-state index is 13.6. The number of rotatable bonds is 6. The largest absolute Gasteiger partial charge is 0.322 e. The van der Waals surface area contributed by atoms with Crippen molar-refractivity contribution in [2.24, 2.45) is 0 Å². The third-order valence-corrected chi connectivity index (χ3v) is 3.43. The van der Waals surface area contributed by atoms with Crippen LogP contribution < -0.4 is 5.32 Å². The van der Waals surface area contributed by atoms with Crippen molar-refractivity contribution in [2.45, 2.75) is 40.5 Å². The number of allylic oxidation sites excluding steroid dienone is 2. The first-order valence-electron chi connectivity index (χ1n) is 7.51. The number of Topliss-reactive ketones (excluding diaryl/α,β-unsaturated/α-hetero) is 1. The van der Waals surface area contributed by atoms with E-state index in [-0.39, 0.29) is 5.78 Å². The number of ketones is 1. The zero-order chi connectivity index (χ0) is 17.6. The first kappa shape index (κ1) is 18.7. The highest BCUT2D eigenvalue weighted by atomic mass is 19.1. The maximum Gasteiger partial charge on any atom is 0.261 e. The average Bonchev–Trinajstić information content (AvgIpc) is 2.53. The summed E-state index contributed by atoms with van der Waals surface area (Å²) in [7, 11) is 0. The maximum atomic E-state index is 13.6. The minimum absolute atomic E-state index is 0.0138. The fourth-order valence-corrected chi connectivity index (χ4v) is 2.19. The number of anilines is 1. The van der Waals surface area contributed by atoms with Crippen LogP contribution >= 0.6 is 0 Å². The van der Waals surface area contributed by atoms with E-state index < -0.39 is 23.1 Å². The highest BCUT2D eigenvalue weighted by Crippen LogP contribution is 2.22. The molecule has 1 amide bonds. The predicted molar refractivity (Wildman–Crippen MR) is 87.7 cm³/mol. The average molecular weight is 321 g/mol. The summed E-state index contributed by atoms with van der Waals surface area (Å²) in [4.78, 5) is 23.9. The second kappa shape index (κ2) is 8.36. The van der Waals surface area contributed by atoms with Gasteiger partial charge in [0.25, 0.3) is 5.91 Å². The summed E-state index contributed by atoms with van der Waals surface area (Å²) in [5, 5.41) is 2.47. The summed E-state index contributed by atoms with van der Waals surface area (Å²) in [6.07, 6.45) is 2.02. The van der Waals surface area contributed by atoms with Gasteiger partial charge in [-0.15, -0.1) is 0 Å². The Labute approximate surface area is 135 Å². The van der Waals surface area contributed by atoms with E-state index in [0.717, 1.165) is 18.6 Å². The Balaban J connectivity index is 3.13. The molecule has 1 aromatic carbocycles. The molecule has 124 valence electrons. The van der Waals surface area contributed by atoms with Crippen molar-refractivity contribution < 1.29 is 18.4 Å². The van der Waals surface area contributed by atoms with Crippen LogP contribution in [0, 0.1) is 0 Å². The minimum atomic E-state index is -0.920. The molecule has 1 aromatic rings. The van der Waals surface area contributed by atoms with Gasteiger partial charge in [-0.25, -0.2) is 8.78 Å². The van der Waals surface area contributed by atoms with Crippen LogP contribution in [0.3, 0.4) is 0 Å². The Morgan fingerprint density at radius 1 is 1.22 bits per heavy atom. The van der Waals surface area contributed by atoms with E-state index in [0.29, 0.717) is 24.1 Å². The van der Waals surface area contributed by atoms with Crippen molar-refractivity contribution in [1.82, 2.24) is 0 Å². The van der Waals surface area contributed by atoms with Crippen molar-refractivity contribution in [3.63, 3.8) is 0 Å². The van der Waals surface area contributed by atoms with Crippen molar-refractivity contribution >= 4 is 17.4 Å². The predicted octanol–water partition coefficient (Wildman–Crippen LogP) is 4.90. The molecular weight excluding hydrogens is 300 g/mol. The van der Waals surface area contributed by atoms with Gasteiger partial charge in [0.1, 0.15) is 17.2 Å². The summed E-state index contributed by atoms with van der Waals surface area (Å²) in [5.74, 6) is -2.67. The number of halogens is 2. The molecule has 0 atom stereocenters. The van der Waals surface area contributed by atoms with E-state index in [1.54, 1.807) is 25.1 Å². The van der Waals surface area contributed by atoms with Gasteiger partial charge in [-0.1, -0.05) is 19.9 Å². The molecule has 0 aliphatic heterocycles. The van der Waals surface area contributed by atoms with Crippen LogP contribution in [-0.2, 0) is 11.2 Å². The van der Waals surface area contributed by atoms with Gasteiger partial charge in [0.05, 0.1) is 0 Å². The number of hydrogen-bond acceptors (Lipinski definition) is 2. The van der Waals surface area contributed by atoms with Crippen LogP contribution in [0.1, 0.15) is 50.0 Å². The van der Waals surface area contributed by atoms with Crippen molar-refractivity contribution in [3.8, 4) is 0 Å². The number of hydrogen-bond donors (Lipinski definition) is 1. The molecule has 0 saturated carbocycles. The molecule has 5 heteroatoms. The second-order valence-electron chi connectivity index (χ2n) is 5.00. The monoisotopic (exact) mass is 321 g/mol. The molecule has 0 saturated heterocycles. The van der Waals surface area contributed by atoms with Crippen molar-refractivity contribution in [1.29, 1.82) is 0 Å². The molecule has 1 rings (SSSR count). The molecule has 0 aliphatic rings. The third kappa shape index (κ3) is 4.58. The number of benzene rings is 1. The minimum Gasteiger partial charge on any atom is -0.322 e. The van der Waals surface area contributed by atoms with Crippen LogP contribution in [0.4, 0.5) is 14.5 Å². The van der Waals surface area contributed by atoms with Crippen molar-refractivity contribution in [2.75, 3.05) is 5.32 Å². The number of nitrogens with one attached hydrogen (secondary N) is 1. The Kier molecular flexibility index (Phi) is 6.82. The van der Waals surface area contributed by atoms with Crippen molar-refractivity contribution in [3.05, 3.63) is 52.6 Å². The zero-order valence-electron chi connectivity index (χ0n) is 13.8. The lowest BCUT2D eigenvalue weighted by Crippen LogP contribution is -2.16. The van der Waals surface area contributed by atoms with Gasteiger partial charge in [-0.05, 0) is 44.0 Å². The number of carbonyl (C=O) groups is 2. The molecule has 0 spiro atoms. The van der Waals surface area contributed by atoms with Crippen LogP contribution in [0.5, 0.6) is 0 Å². The van der Waals surface area contributed by atoms with Gasteiger partial charge in [0, 0.05) is 17.7 Å². The van der Waals surface area contributed by atoms with Gasteiger partial charge >= 0.3 is 0 Å². The standard InChI is InChI=1S/C18H21F2NO2/c1-5-12-10-13(8-9-14(12)16(22)7-3)21-18(23)17(11(4)19)15(20)6-2/h6,8-10H,5,7H2,1-4H3,(H,21,23)/b15-6+,17-11-. The van der Waals surface area contributed by atoms with E-state index in [9.17, 15) is 18.4 Å². The summed E-state index contributed by atoms with van der Waals surface area (Å²) in [5.41, 5.74) is 1.15. The molecule has 3 nitrogen and oxygen atoms in total. The first-order valence-corrected chi connectivity index (χ1v) is 7.51. The highest BCUT2D eigenvalue weighted by molar-refractivity contribution is 6.07. The number of aryl methyl sites for hydroxylation is 1. The normalized spacial score (nSPS) is 12.7. The quantitative estimate of drug-likeness (QED) is 0.460. The van der Waals surface area contributed by atoms with Gasteiger partial charge in [-0.2, -0.15) is 0 Å². The first-order chi connectivity index (χ1) is 10.8. The highest BCUT2D eigenvalue weighted by Gasteiger charge is 2.19. The fraction of sp³-hybridized carbons (Fsp3) is 0.333. The summed E-state index contributed by atoms with van der Waals surface area (Å²) >= 11 is 0. The second-order valence-corrected chi connectivity index (χ2v) is 5.00. The molecule has 0 aromatic heterocycles. The zero-order valence-corrected chi connectivity index (χ0v) is 13.8. The Morgan fingerprint density at radius 3 is 2.35 bits per heavy atom. The molecule has 0 unspecified atom stereocenters. The fourth-order valence-electron chi connectivity index (χ4n) is 2.19. The summed E-state index contributed by atoms with van der Waals surface area (Å²) in [6.45, 7) is 6.08. The third-order valence-electron chi connectivity index (χ3n) is 3.43. The molecule has 0 aliphatic carbocycles. The van der Waals surface area contributed by atoms with Gasteiger partial charge in [0.2, 0.25) is 0 Å². The van der Waals surface area contributed by atoms with E-state index in [2.05, 4.69) is 5.32 Å². The Hall–Kier alpha value is -2.30. The molecule has 23 heavy (non-hydrogen) atoms. The van der Waals surface area contributed by atoms with E-state index in [4.69, 9.17) is 0 Å². The SMILES string of the molecule is C/C=C(F)\C(C(=O)Nc1ccc(C(=O)CC)c(CC)c1)=C(/C)F. The molecular formula is C18H21F2NO2. The summed E-state index contributed by atoms with van der Waals surface area (Å²) in [6, 6.07) is 4.83. The molecule has 0 radical (unpaired) electrons. The van der Waals surface area contributed by atoms with Gasteiger partial charge in [-0.3, -0.25) is 9.59 Å². The molecule has 0 heterocycles. The summed E-state index contributed by atoms with van der Waals surface area (Å²) < 4.78 is 27.0. The Morgan fingerprint density at radius 2 is 1.87 bits per heavy atom. The smallest absolute Gasteiger partial charge is 0.261 e. The van der Waals surface area contributed by atoms with Crippen LogP contribution in [-0.4, -0.2) is 11.7 Å². The molecule has 1 N–H and O–H groups in total. The van der Waals surface area contributed by atoms with E-state index in [1.807, 2.05) is 6.92 Å². The van der Waals surface area contributed by atoms with E-state index >= 15 is 0 Å². The molecule has 0 fully saturated rings. The van der Waals surface area contributed by atoms with E-state index in [1.165, 1.54) is 6.92 Å². The number of carbonyl (C=O) groups excluding carboxylic acids is 2. The topological polar surface area (TPSA) is 46.2 Å². The lowest BCUT2D eigenvalue weighted by molar-refractivity contribution is -0.112. The van der Waals surface area contributed by atoms with Gasteiger partial charge in [0.15, 0.2) is 5.78 Å². The lowest BCUT2D eigenvalue weighted by atomic mass is 9.99. The van der Waals surface area contributed by atoms with Gasteiger partial charge < -0.3 is 5.32 Å². The number of amides is 1. The van der Waals surface area contributed by atoms with Crippen LogP contribution in [0.15, 0.2) is 41.5 Å². The van der Waals surface area contributed by atoms with Crippen LogP contribution in [0.2, 0.25) is 0 Å². The molecule has 0 bridgehead atoms. The lowest BCUT2D eigenvalue weighted by Gasteiger charge is -2.11.